The van der Waals surface area contributed by atoms with E-state index in [4.69, 9.17) is 0 Å². The number of rotatable bonds is 9. The van der Waals surface area contributed by atoms with Crippen molar-refractivity contribution in [2.45, 2.75) is 63.9 Å². The van der Waals surface area contributed by atoms with Gasteiger partial charge in [0.15, 0.2) is 17.4 Å². The number of ether oxygens (including phenoxy) is 2. The lowest BCUT2D eigenvalue weighted by atomic mass is 9.77. The molecule has 3 rings (SSSR count). The van der Waals surface area contributed by atoms with Gasteiger partial charge in [-0.05, 0) is 55.2 Å². The molecule has 9 heteroatoms. The molecule has 0 radical (unpaired) electrons. The van der Waals surface area contributed by atoms with Crippen LogP contribution in [0.25, 0.3) is 0 Å². The van der Waals surface area contributed by atoms with Gasteiger partial charge in [0.1, 0.15) is 11.6 Å². The van der Waals surface area contributed by atoms with E-state index < -0.39 is 47.0 Å². The van der Waals surface area contributed by atoms with E-state index in [1.54, 1.807) is 0 Å². The maximum atomic E-state index is 14.6. The zero-order chi connectivity index (χ0) is 24.9. The number of hydrogen-bond acceptors (Lipinski definition) is 2. The monoisotopic (exact) mass is 490 g/mol. The fraction of sp³-hybridized carbons (Fsp3) is 0.440. The van der Waals surface area contributed by atoms with Gasteiger partial charge in [-0.15, -0.1) is 0 Å². The average molecular weight is 490 g/mol. The third kappa shape index (κ3) is 6.45. The standard InChI is InChI=1S/C25H25F7O2/c1-2-3-15-4-6-16(7-5-15)17-8-9-19(20(26)12-17)25(31,32)34-18-13-21(27)24(22(28)14-18)33-11-10-23(29)30/h8-16,23H,2-7H2,1H3/b11-10+. The van der Waals surface area contributed by atoms with Crippen molar-refractivity contribution in [3.63, 3.8) is 0 Å². The predicted octanol–water partition coefficient (Wildman–Crippen LogP) is 8.46. The fourth-order valence-electron chi connectivity index (χ4n) is 4.29. The fourth-order valence-corrected chi connectivity index (χ4v) is 4.29. The first-order chi connectivity index (χ1) is 16.1. The van der Waals surface area contributed by atoms with Crippen LogP contribution < -0.4 is 9.47 Å². The summed E-state index contributed by atoms with van der Waals surface area (Å²) in [6.07, 6.45) is -0.549. The summed E-state index contributed by atoms with van der Waals surface area (Å²) in [5.74, 6) is -5.38. The first-order valence-corrected chi connectivity index (χ1v) is 11.1. The highest BCUT2D eigenvalue weighted by Crippen LogP contribution is 2.40. The van der Waals surface area contributed by atoms with Gasteiger partial charge in [-0.25, -0.2) is 22.0 Å². The summed E-state index contributed by atoms with van der Waals surface area (Å²) in [5.41, 5.74) is -0.445. The van der Waals surface area contributed by atoms with E-state index >= 15 is 0 Å². The van der Waals surface area contributed by atoms with Crippen LogP contribution in [0.1, 0.15) is 62.5 Å². The van der Waals surface area contributed by atoms with Crippen molar-refractivity contribution in [3.05, 3.63) is 71.2 Å². The predicted molar refractivity (Wildman–Crippen MR) is 113 cm³/mol. The van der Waals surface area contributed by atoms with Gasteiger partial charge < -0.3 is 9.47 Å². The van der Waals surface area contributed by atoms with E-state index in [1.165, 1.54) is 6.07 Å². The topological polar surface area (TPSA) is 18.5 Å². The number of alkyl halides is 4. The van der Waals surface area contributed by atoms with Gasteiger partial charge in [0.05, 0.1) is 11.8 Å². The van der Waals surface area contributed by atoms with Crippen LogP contribution in [0.15, 0.2) is 42.7 Å². The van der Waals surface area contributed by atoms with Gasteiger partial charge in [-0.1, -0.05) is 25.8 Å². The third-order valence-electron chi connectivity index (χ3n) is 5.95. The first kappa shape index (κ1) is 25.9. The zero-order valence-electron chi connectivity index (χ0n) is 18.5. The number of hydrogen-bond donors (Lipinski definition) is 0. The van der Waals surface area contributed by atoms with Crippen LogP contribution in [0.2, 0.25) is 0 Å². The lowest BCUT2D eigenvalue weighted by Crippen LogP contribution is -2.24. The van der Waals surface area contributed by atoms with Gasteiger partial charge in [-0.3, -0.25) is 0 Å². The van der Waals surface area contributed by atoms with E-state index in [-0.39, 0.29) is 12.0 Å². The molecule has 34 heavy (non-hydrogen) atoms. The van der Waals surface area contributed by atoms with Crippen LogP contribution in [0.4, 0.5) is 30.7 Å². The number of allylic oxidation sites excluding steroid dienone is 1. The number of benzene rings is 2. The second-order valence-electron chi connectivity index (χ2n) is 8.36. The summed E-state index contributed by atoms with van der Waals surface area (Å²) in [6.45, 7) is 2.13. The summed E-state index contributed by atoms with van der Waals surface area (Å²) in [4.78, 5) is 0. The van der Waals surface area contributed by atoms with Crippen molar-refractivity contribution in [1.29, 1.82) is 0 Å². The molecular formula is C25H25F7O2. The minimum absolute atomic E-state index is 0.0843. The molecule has 1 fully saturated rings. The molecule has 0 heterocycles. The highest BCUT2D eigenvalue weighted by atomic mass is 19.3. The second kappa shape index (κ2) is 11.1. The summed E-state index contributed by atoms with van der Waals surface area (Å²) in [6, 6.07) is 4.19. The van der Waals surface area contributed by atoms with E-state index in [1.807, 2.05) is 0 Å². The Bertz CT molecular complexity index is 976. The maximum absolute atomic E-state index is 14.6. The molecule has 0 spiro atoms. The molecular weight excluding hydrogens is 465 g/mol. The zero-order valence-corrected chi connectivity index (χ0v) is 18.5. The summed E-state index contributed by atoms with van der Waals surface area (Å²) < 4.78 is 105. The van der Waals surface area contributed by atoms with Crippen LogP contribution in [0.5, 0.6) is 11.5 Å². The lowest BCUT2D eigenvalue weighted by Gasteiger charge is -2.29. The smallest absolute Gasteiger partial charge is 0.429 e. The lowest BCUT2D eigenvalue weighted by molar-refractivity contribution is -0.187. The van der Waals surface area contributed by atoms with Crippen LogP contribution in [-0.4, -0.2) is 6.43 Å². The minimum Gasteiger partial charge on any atom is -0.459 e. The Hall–Kier alpha value is -2.71. The van der Waals surface area contributed by atoms with Gasteiger partial charge in [0, 0.05) is 18.2 Å². The largest absolute Gasteiger partial charge is 0.459 e. The second-order valence-corrected chi connectivity index (χ2v) is 8.36. The van der Waals surface area contributed by atoms with E-state index in [2.05, 4.69) is 16.4 Å². The van der Waals surface area contributed by atoms with Crippen molar-refractivity contribution in [2.24, 2.45) is 5.92 Å². The van der Waals surface area contributed by atoms with Crippen LogP contribution in [-0.2, 0) is 6.11 Å². The molecule has 2 aromatic rings. The molecule has 2 aromatic carbocycles. The van der Waals surface area contributed by atoms with Crippen LogP contribution in [0.3, 0.4) is 0 Å². The van der Waals surface area contributed by atoms with Crippen molar-refractivity contribution in [2.75, 3.05) is 0 Å². The minimum atomic E-state index is -4.22. The Kier molecular flexibility index (Phi) is 8.49. The van der Waals surface area contributed by atoms with Gasteiger partial charge in [0.2, 0.25) is 0 Å². The van der Waals surface area contributed by atoms with Crippen LogP contribution >= 0.6 is 0 Å². The maximum Gasteiger partial charge on any atom is 0.429 e. The summed E-state index contributed by atoms with van der Waals surface area (Å²) in [5, 5.41) is 0. The molecule has 0 atom stereocenters. The Balaban J connectivity index is 1.72. The molecule has 0 unspecified atom stereocenters. The Labute approximate surface area is 193 Å². The molecule has 2 nitrogen and oxygen atoms in total. The van der Waals surface area contributed by atoms with Gasteiger partial charge >= 0.3 is 6.11 Å². The van der Waals surface area contributed by atoms with Gasteiger partial charge in [-0.2, -0.15) is 8.78 Å². The quantitative estimate of drug-likeness (QED) is 0.259. The molecule has 1 aliphatic carbocycles. The SMILES string of the molecule is CCCC1CCC(c2ccc(C(F)(F)Oc3cc(F)c(O/C=C/C(F)F)c(F)c3)c(F)c2)CC1. The Morgan fingerprint density at radius 3 is 2.18 bits per heavy atom. The Morgan fingerprint density at radius 1 is 0.971 bits per heavy atom. The molecule has 0 N–H and O–H groups in total. The first-order valence-electron chi connectivity index (χ1n) is 11.1. The molecule has 1 saturated carbocycles. The normalized spacial score (nSPS) is 19.1. The third-order valence-corrected chi connectivity index (χ3v) is 5.95. The highest BCUT2D eigenvalue weighted by Gasteiger charge is 2.38. The van der Waals surface area contributed by atoms with E-state index in [0.29, 0.717) is 29.9 Å². The number of halogens is 7. The van der Waals surface area contributed by atoms with E-state index in [9.17, 15) is 30.7 Å². The van der Waals surface area contributed by atoms with Crippen molar-refractivity contribution in [1.82, 2.24) is 0 Å². The molecule has 1 aliphatic rings. The Morgan fingerprint density at radius 2 is 1.62 bits per heavy atom. The molecule has 0 saturated heterocycles. The van der Waals surface area contributed by atoms with E-state index in [0.717, 1.165) is 50.7 Å². The highest BCUT2D eigenvalue weighted by molar-refractivity contribution is 5.36. The van der Waals surface area contributed by atoms with Crippen molar-refractivity contribution < 1.29 is 40.2 Å². The van der Waals surface area contributed by atoms with Gasteiger partial charge in [0.25, 0.3) is 6.43 Å². The van der Waals surface area contributed by atoms with Crippen LogP contribution in [0, 0.1) is 23.4 Å². The average Bonchev–Trinajstić information content (AvgIpc) is 2.75. The molecule has 0 bridgehead atoms. The van der Waals surface area contributed by atoms with Crippen molar-refractivity contribution >= 4 is 0 Å². The molecule has 0 aromatic heterocycles. The molecule has 0 amide bonds. The summed E-state index contributed by atoms with van der Waals surface area (Å²) in [7, 11) is 0. The molecule has 186 valence electrons. The summed E-state index contributed by atoms with van der Waals surface area (Å²) >= 11 is 0. The van der Waals surface area contributed by atoms with Crippen molar-refractivity contribution in [3.8, 4) is 11.5 Å². The molecule has 0 aliphatic heterocycles.